The number of amides is 1. The first-order valence-corrected chi connectivity index (χ1v) is 10.3. The van der Waals surface area contributed by atoms with Crippen molar-refractivity contribution in [2.45, 2.75) is 32.5 Å². The maximum atomic E-state index is 12.4. The molecule has 1 aromatic heterocycles. The van der Waals surface area contributed by atoms with Crippen LogP contribution in [0, 0.1) is 0 Å². The smallest absolute Gasteiger partial charge is 0.410 e. The summed E-state index contributed by atoms with van der Waals surface area (Å²) in [7, 11) is 1.64. The average molecular weight is 434 g/mol. The predicted molar refractivity (Wildman–Crippen MR) is 117 cm³/mol. The minimum atomic E-state index is -0.524. The van der Waals surface area contributed by atoms with Crippen molar-refractivity contribution in [3.63, 3.8) is 0 Å². The van der Waals surface area contributed by atoms with Gasteiger partial charge in [0.05, 0.1) is 26.4 Å². The number of hydrogen-bond donors (Lipinski definition) is 1. The Morgan fingerprint density at radius 2 is 2.07 bits per heavy atom. The zero-order chi connectivity index (χ0) is 21.7. The van der Waals surface area contributed by atoms with Gasteiger partial charge in [-0.3, -0.25) is 0 Å². The summed E-state index contributed by atoms with van der Waals surface area (Å²) in [4.78, 5) is 18.3. The summed E-state index contributed by atoms with van der Waals surface area (Å²) in [6.07, 6.45) is 1.25. The van der Waals surface area contributed by atoms with Crippen LogP contribution < -0.4 is 10.1 Å². The second-order valence-electron chi connectivity index (χ2n) is 8.08. The molecule has 1 aliphatic heterocycles. The monoisotopic (exact) mass is 433 g/mol. The SMILES string of the molecule is COc1ccc(-c2cnc(Cl)cc2NC[C@@H]2CN(C(=O)OC(C)(C)C)CCO2)cc1. The van der Waals surface area contributed by atoms with Crippen LogP contribution in [0.3, 0.4) is 0 Å². The molecule has 1 amide bonds. The molecule has 0 aliphatic carbocycles. The van der Waals surface area contributed by atoms with E-state index in [1.807, 2.05) is 45.0 Å². The number of carbonyl (C=O) groups is 1. The number of anilines is 1. The molecule has 1 fully saturated rings. The highest BCUT2D eigenvalue weighted by atomic mass is 35.5. The number of halogens is 1. The molecule has 0 saturated carbocycles. The van der Waals surface area contributed by atoms with Gasteiger partial charge in [-0.15, -0.1) is 0 Å². The second kappa shape index (κ2) is 9.53. The van der Waals surface area contributed by atoms with E-state index in [9.17, 15) is 4.79 Å². The molecule has 2 aromatic rings. The zero-order valence-electron chi connectivity index (χ0n) is 17.8. The molecular weight excluding hydrogens is 406 g/mol. The summed E-state index contributed by atoms with van der Waals surface area (Å²) in [6, 6.07) is 9.52. The van der Waals surface area contributed by atoms with Gasteiger partial charge in [0, 0.05) is 30.5 Å². The average Bonchev–Trinajstić information content (AvgIpc) is 2.71. The number of pyridine rings is 1. The first-order valence-electron chi connectivity index (χ1n) is 9.88. The highest BCUT2D eigenvalue weighted by molar-refractivity contribution is 6.29. The number of morpholine rings is 1. The van der Waals surface area contributed by atoms with E-state index in [4.69, 9.17) is 25.8 Å². The molecule has 30 heavy (non-hydrogen) atoms. The van der Waals surface area contributed by atoms with Gasteiger partial charge in [0.25, 0.3) is 0 Å². The summed E-state index contributed by atoms with van der Waals surface area (Å²) in [5.41, 5.74) is 2.23. The van der Waals surface area contributed by atoms with E-state index < -0.39 is 5.60 Å². The Morgan fingerprint density at radius 3 is 2.73 bits per heavy atom. The van der Waals surface area contributed by atoms with Crippen LogP contribution in [0.4, 0.5) is 10.5 Å². The molecule has 0 radical (unpaired) electrons. The van der Waals surface area contributed by atoms with Crippen molar-refractivity contribution >= 4 is 23.4 Å². The van der Waals surface area contributed by atoms with Gasteiger partial charge in [0.2, 0.25) is 0 Å². The second-order valence-corrected chi connectivity index (χ2v) is 8.47. The van der Waals surface area contributed by atoms with Crippen molar-refractivity contribution in [3.05, 3.63) is 41.7 Å². The van der Waals surface area contributed by atoms with Gasteiger partial charge < -0.3 is 24.4 Å². The Bertz CT molecular complexity index is 868. The van der Waals surface area contributed by atoms with Crippen LogP contribution in [0.1, 0.15) is 20.8 Å². The molecule has 1 N–H and O–H groups in total. The Morgan fingerprint density at radius 1 is 1.33 bits per heavy atom. The number of nitrogens with one attached hydrogen (secondary N) is 1. The van der Waals surface area contributed by atoms with Crippen LogP contribution in [-0.2, 0) is 9.47 Å². The molecule has 0 bridgehead atoms. The van der Waals surface area contributed by atoms with Crippen LogP contribution in [-0.4, -0.2) is 61.0 Å². The molecule has 1 aromatic carbocycles. The number of carbonyl (C=O) groups excluding carboxylic acids is 1. The van der Waals surface area contributed by atoms with Crippen molar-refractivity contribution in [3.8, 4) is 16.9 Å². The molecule has 2 heterocycles. The summed E-state index contributed by atoms with van der Waals surface area (Å²) in [6.45, 7) is 7.54. The molecule has 1 atom stereocenters. The molecule has 1 aliphatic rings. The highest BCUT2D eigenvalue weighted by Crippen LogP contribution is 2.30. The lowest BCUT2D eigenvalue weighted by atomic mass is 10.1. The number of nitrogens with zero attached hydrogens (tertiary/aromatic N) is 2. The Hall–Kier alpha value is -2.51. The quantitative estimate of drug-likeness (QED) is 0.702. The summed E-state index contributed by atoms with van der Waals surface area (Å²) < 4.78 is 16.5. The highest BCUT2D eigenvalue weighted by Gasteiger charge is 2.28. The molecular formula is C22H28ClN3O4. The van der Waals surface area contributed by atoms with Gasteiger partial charge in [-0.2, -0.15) is 0 Å². The molecule has 3 rings (SSSR count). The lowest BCUT2D eigenvalue weighted by Crippen LogP contribution is -2.49. The van der Waals surface area contributed by atoms with Gasteiger partial charge >= 0.3 is 6.09 Å². The zero-order valence-corrected chi connectivity index (χ0v) is 18.5. The van der Waals surface area contributed by atoms with Gasteiger partial charge in [0.1, 0.15) is 16.5 Å². The molecule has 7 nitrogen and oxygen atoms in total. The van der Waals surface area contributed by atoms with Gasteiger partial charge in [-0.25, -0.2) is 9.78 Å². The largest absolute Gasteiger partial charge is 0.497 e. The molecule has 0 spiro atoms. The number of methoxy groups -OCH3 is 1. The van der Waals surface area contributed by atoms with E-state index >= 15 is 0 Å². The van der Waals surface area contributed by atoms with Crippen molar-refractivity contribution < 1.29 is 19.0 Å². The number of rotatable bonds is 5. The van der Waals surface area contributed by atoms with E-state index in [1.165, 1.54) is 0 Å². The maximum absolute atomic E-state index is 12.4. The van der Waals surface area contributed by atoms with Crippen molar-refractivity contribution in [1.82, 2.24) is 9.88 Å². The fourth-order valence-corrected chi connectivity index (χ4v) is 3.29. The Labute approximate surface area is 182 Å². The molecule has 1 saturated heterocycles. The molecule has 0 unspecified atom stereocenters. The van der Waals surface area contributed by atoms with E-state index in [0.717, 1.165) is 22.6 Å². The third-order valence-electron chi connectivity index (χ3n) is 4.58. The van der Waals surface area contributed by atoms with Crippen LogP contribution in [0.15, 0.2) is 36.5 Å². The Balaban J connectivity index is 1.67. The van der Waals surface area contributed by atoms with Gasteiger partial charge in [0.15, 0.2) is 0 Å². The van der Waals surface area contributed by atoms with Crippen molar-refractivity contribution in [1.29, 1.82) is 0 Å². The lowest BCUT2D eigenvalue weighted by molar-refractivity contribution is -0.0371. The minimum Gasteiger partial charge on any atom is -0.497 e. The summed E-state index contributed by atoms with van der Waals surface area (Å²) in [5, 5.41) is 3.80. The van der Waals surface area contributed by atoms with E-state index in [0.29, 0.717) is 31.4 Å². The summed E-state index contributed by atoms with van der Waals surface area (Å²) in [5.74, 6) is 0.785. The first-order chi connectivity index (χ1) is 14.2. The van der Waals surface area contributed by atoms with Crippen molar-refractivity contribution in [2.24, 2.45) is 0 Å². The van der Waals surface area contributed by atoms with Crippen LogP contribution in [0.5, 0.6) is 5.75 Å². The minimum absolute atomic E-state index is 0.165. The fourth-order valence-electron chi connectivity index (χ4n) is 3.14. The van der Waals surface area contributed by atoms with E-state index in [1.54, 1.807) is 24.3 Å². The standard InChI is InChI=1S/C22H28ClN3O4/c1-22(2,3)30-21(27)26-9-10-29-17(14-26)12-24-19-11-20(23)25-13-18(19)15-5-7-16(28-4)8-6-15/h5-8,11,13,17H,9-10,12,14H2,1-4H3,(H,24,25)/t17-/m1/s1. The van der Waals surface area contributed by atoms with Gasteiger partial charge in [-0.1, -0.05) is 23.7 Å². The number of ether oxygens (including phenoxy) is 3. The third kappa shape index (κ3) is 6.00. The number of benzene rings is 1. The lowest BCUT2D eigenvalue weighted by Gasteiger charge is -2.34. The normalized spacial score (nSPS) is 16.8. The maximum Gasteiger partial charge on any atom is 0.410 e. The Kier molecular flexibility index (Phi) is 7.05. The number of aromatic nitrogens is 1. The molecule has 162 valence electrons. The van der Waals surface area contributed by atoms with E-state index in [-0.39, 0.29) is 12.2 Å². The number of hydrogen-bond acceptors (Lipinski definition) is 6. The van der Waals surface area contributed by atoms with Gasteiger partial charge in [-0.05, 0) is 44.5 Å². The summed E-state index contributed by atoms with van der Waals surface area (Å²) >= 11 is 6.13. The van der Waals surface area contributed by atoms with Crippen LogP contribution in [0.25, 0.3) is 11.1 Å². The topological polar surface area (TPSA) is 72.9 Å². The predicted octanol–water partition coefficient (Wildman–Crippen LogP) is 4.46. The first kappa shape index (κ1) is 22.2. The third-order valence-corrected chi connectivity index (χ3v) is 4.79. The van der Waals surface area contributed by atoms with Crippen LogP contribution in [0.2, 0.25) is 5.15 Å². The molecule has 8 heteroatoms. The van der Waals surface area contributed by atoms with E-state index in [2.05, 4.69) is 10.3 Å². The van der Waals surface area contributed by atoms with Crippen molar-refractivity contribution in [2.75, 3.05) is 38.7 Å². The fraction of sp³-hybridized carbons (Fsp3) is 0.455. The van der Waals surface area contributed by atoms with Crippen LogP contribution >= 0.6 is 11.6 Å².